The molecule has 3 atom stereocenters. The zero-order valence-corrected chi connectivity index (χ0v) is 17.7. The molecule has 3 aliphatic rings. The molecule has 8 heteroatoms. The van der Waals surface area contributed by atoms with E-state index in [2.05, 4.69) is 15.3 Å². The van der Waals surface area contributed by atoms with Crippen LogP contribution in [0.25, 0.3) is 0 Å². The Hall–Kier alpha value is -0.980. The first-order valence-corrected chi connectivity index (χ1v) is 9.89. The molecule has 3 fully saturated rings. The van der Waals surface area contributed by atoms with Crippen molar-refractivity contribution in [3.8, 4) is 0 Å². The standard InChI is InChI=1S/C19H31N5O.2ClH/c1-23-12-17(10-21-23)24-7-3-6-16(11-24)22-19(25)15-8-13-4-2-5-14(9-15)18(13)20;;/h10,12-16,18H,2-9,11,20H2,1H3,(H,22,25);2*1H. The van der Waals surface area contributed by atoms with Crippen LogP contribution in [0, 0.1) is 17.8 Å². The second-order valence-corrected chi connectivity index (χ2v) is 8.36. The first kappa shape index (κ1) is 22.3. The number of fused-ring (bicyclic) bond motifs is 2. The Balaban J connectivity index is 0.00000131. The van der Waals surface area contributed by atoms with Gasteiger partial charge in [-0.25, -0.2) is 0 Å². The van der Waals surface area contributed by atoms with Crippen molar-refractivity contribution in [1.29, 1.82) is 0 Å². The van der Waals surface area contributed by atoms with Crippen LogP contribution in [0.4, 0.5) is 5.69 Å². The van der Waals surface area contributed by atoms with E-state index in [1.54, 1.807) is 0 Å². The molecule has 1 aromatic rings. The van der Waals surface area contributed by atoms with Crippen molar-refractivity contribution in [3.63, 3.8) is 0 Å². The summed E-state index contributed by atoms with van der Waals surface area (Å²) in [5, 5.41) is 7.62. The molecule has 2 saturated carbocycles. The number of carbonyl (C=O) groups is 1. The maximum atomic E-state index is 12.9. The quantitative estimate of drug-likeness (QED) is 0.791. The van der Waals surface area contributed by atoms with Gasteiger partial charge in [0.2, 0.25) is 5.91 Å². The molecule has 1 aromatic heterocycles. The minimum Gasteiger partial charge on any atom is -0.367 e. The van der Waals surface area contributed by atoms with Crippen LogP contribution in [0.1, 0.15) is 44.9 Å². The average Bonchev–Trinajstić information content (AvgIpc) is 3.01. The second kappa shape index (κ2) is 9.48. The van der Waals surface area contributed by atoms with E-state index < -0.39 is 0 Å². The Morgan fingerprint density at radius 1 is 1.19 bits per heavy atom. The number of hydrogen-bond donors (Lipinski definition) is 2. The maximum absolute atomic E-state index is 12.9. The molecule has 27 heavy (non-hydrogen) atoms. The van der Waals surface area contributed by atoms with E-state index in [9.17, 15) is 4.79 Å². The van der Waals surface area contributed by atoms with Crippen LogP contribution in [0.3, 0.4) is 0 Å². The summed E-state index contributed by atoms with van der Waals surface area (Å²) < 4.78 is 1.83. The molecule has 0 spiro atoms. The van der Waals surface area contributed by atoms with Crippen LogP contribution in [-0.4, -0.2) is 40.9 Å². The van der Waals surface area contributed by atoms with Crippen molar-refractivity contribution in [2.75, 3.05) is 18.0 Å². The first-order valence-electron chi connectivity index (χ1n) is 9.89. The average molecular weight is 418 g/mol. The van der Waals surface area contributed by atoms with Gasteiger partial charge in [-0.1, -0.05) is 6.42 Å². The van der Waals surface area contributed by atoms with Gasteiger partial charge in [0, 0.05) is 44.3 Å². The number of halogens is 2. The van der Waals surface area contributed by atoms with E-state index in [0.29, 0.717) is 17.9 Å². The highest BCUT2D eigenvalue weighted by Crippen LogP contribution is 2.42. The Morgan fingerprint density at radius 3 is 2.52 bits per heavy atom. The van der Waals surface area contributed by atoms with Gasteiger partial charge in [-0.2, -0.15) is 5.10 Å². The van der Waals surface area contributed by atoms with Crippen molar-refractivity contribution >= 4 is 36.4 Å². The summed E-state index contributed by atoms with van der Waals surface area (Å²) >= 11 is 0. The van der Waals surface area contributed by atoms with Gasteiger partial charge in [0.25, 0.3) is 0 Å². The summed E-state index contributed by atoms with van der Waals surface area (Å²) in [4.78, 5) is 15.2. The normalized spacial score (nSPS) is 32.8. The highest BCUT2D eigenvalue weighted by Gasteiger charge is 2.41. The van der Waals surface area contributed by atoms with E-state index in [0.717, 1.165) is 44.5 Å². The largest absolute Gasteiger partial charge is 0.367 e. The molecular formula is C19H33Cl2N5O. The fourth-order valence-corrected chi connectivity index (χ4v) is 5.22. The van der Waals surface area contributed by atoms with E-state index in [1.807, 2.05) is 24.1 Å². The van der Waals surface area contributed by atoms with Crippen LogP contribution < -0.4 is 16.0 Å². The third-order valence-electron chi connectivity index (χ3n) is 6.61. The van der Waals surface area contributed by atoms with Gasteiger partial charge in [-0.3, -0.25) is 9.48 Å². The fraction of sp³-hybridized carbons (Fsp3) is 0.789. The molecule has 1 amide bonds. The lowest BCUT2D eigenvalue weighted by Crippen LogP contribution is -2.52. The zero-order valence-electron chi connectivity index (χ0n) is 16.0. The first-order chi connectivity index (χ1) is 12.1. The summed E-state index contributed by atoms with van der Waals surface area (Å²) in [5.74, 6) is 1.55. The number of anilines is 1. The van der Waals surface area contributed by atoms with Crippen LogP contribution in [0.15, 0.2) is 12.4 Å². The Labute approximate surface area is 174 Å². The van der Waals surface area contributed by atoms with Crippen LogP contribution >= 0.6 is 24.8 Å². The van der Waals surface area contributed by atoms with E-state index in [4.69, 9.17) is 5.73 Å². The van der Waals surface area contributed by atoms with Gasteiger partial charge in [0.05, 0.1) is 11.9 Å². The molecule has 0 aromatic carbocycles. The minimum absolute atomic E-state index is 0. The Kier molecular flexibility index (Phi) is 7.83. The molecule has 2 bridgehead atoms. The van der Waals surface area contributed by atoms with Gasteiger partial charge in [0.15, 0.2) is 0 Å². The van der Waals surface area contributed by atoms with E-state index in [-0.39, 0.29) is 42.7 Å². The highest BCUT2D eigenvalue weighted by atomic mass is 35.5. The predicted molar refractivity (Wildman–Crippen MR) is 113 cm³/mol. The third-order valence-corrected chi connectivity index (χ3v) is 6.61. The summed E-state index contributed by atoms with van der Waals surface area (Å²) in [5.41, 5.74) is 7.52. The number of nitrogens with zero attached hydrogens (tertiary/aromatic N) is 3. The molecule has 1 aliphatic heterocycles. The lowest BCUT2D eigenvalue weighted by atomic mass is 9.65. The van der Waals surface area contributed by atoms with Gasteiger partial charge < -0.3 is 16.0 Å². The number of amides is 1. The monoisotopic (exact) mass is 417 g/mol. The van der Waals surface area contributed by atoms with Crippen LogP contribution in [0.2, 0.25) is 0 Å². The smallest absolute Gasteiger partial charge is 0.223 e. The number of aryl methyl sites for hydroxylation is 1. The van der Waals surface area contributed by atoms with Crippen molar-refractivity contribution in [3.05, 3.63) is 12.4 Å². The van der Waals surface area contributed by atoms with Crippen molar-refractivity contribution < 1.29 is 4.79 Å². The molecule has 0 radical (unpaired) electrons. The molecule has 6 nitrogen and oxygen atoms in total. The van der Waals surface area contributed by atoms with Crippen molar-refractivity contribution in [2.24, 2.45) is 30.5 Å². The molecule has 154 valence electrons. The topological polar surface area (TPSA) is 76.2 Å². The minimum atomic E-state index is 0. The number of piperidine rings is 1. The summed E-state index contributed by atoms with van der Waals surface area (Å²) in [6.45, 7) is 1.93. The van der Waals surface area contributed by atoms with Gasteiger partial charge >= 0.3 is 0 Å². The number of carbonyl (C=O) groups excluding carboxylic acids is 1. The third kappa shape index (κ3) is 4.90. The van der Waals surface area contributed by atoms with Gasteiger partial charge in [-0.05, 0) is 50.4 Å². The fourth-order valence-electron chi connectivity index (χ4n) is 5.22. The number of hydrogen-bond acceptors (Lipinski definition) is 4. The summed E-state index contributed by atoms with van der Waals surface area (Å²) in [6, 6.07) is 0.574. The summed E-state index contributed by atoms with van der Waals surface area (Å²) in [6.07, 6.45) is 11.8. The Bertz CT molecular complexity index is 611. The zero-order chi connectivity index (χ0) is 17.4. The van der Waals surface area contributed by atoms with Crippen molar-refractivity contribution in [1.82, 2.24) is 15.1 Å². The highest BCUT2D eigenvalue weighted by molar-refractivity contribution is 5.85. The second-order valence-electron chi connectivity index (χ2n) is 8.36. The van der Waals surface area contributed by atoms with Crippen LogP contribution in [0.5, 0.6) is 0 Å². The molecule has 3 unspecified atom stereocenters. The molecule has 1 saturated heterocycles. The number of aromatic nitrogens is 2. The maximum Gasteiger partial charge on any atom is 0.223 e. The van der Waals surface area contributed by atoms with E-state index in [1.165, 1.54) is 19.3 Å². The molecular weight excluding hydrogens is 385 g/mol. The lowest BCUT2D eigenvalue weighted by Gasteiger charge is -2.44. The number of nitrogens with one attached hydrogen (secondary N) is 1. The number of rotatable bonds is 3. The predicted octanol–water partition coefficient (Wildman–Crippen LogP) is 2.50. The van der Waals surface area contributed by atoms with Crippen LogP contribution in [-0.2, 0) is 11.8 Å². The molecule has 2 heterocycles. The molecule has 3 N–H and O–H groups in total. The molecule has 2 aliphatic carbocycles. The van der Waals surface area contributed by atoms with Crippen molar-refractivity contribution in [2.45, 2.75) is 57.0 Å². The van der Waals surface area contributed by atoms with E-state index >= 15 is 0 Å². The Morgan fingerprint density at radius 2 is 1.89 bits per heavy atom. The molecule has 4 rings (SSSR count). The SMILES string of the molecule is Cl.Cl.Cn1cc(N2CCCC(NC(=O)C3CC4CCCC(C3)C4N)C2)cn1. The van der Waals surface area contributed by atoms with Gasteiger partial charge in [0.1, 0.15) is 0 Å². The summed E-state index contributed by atoms with van der Waals surface area (Å²) in [7, 11) is 1.94. The number of nitrogens with two attached hydrogens (primary N) is 1. The lowest BCUT2D eigenvalue weighted by molar-refractivity contribution is -0.128. The van der Waals surface area contributed by atoms with Gasteiger partial charge in [-0.15, -0.1) is 24.8 Å².